The smallest absolute Gasteiger partial charge is 0.350 e. The van der Waals surface area contributed by atoms with Crippen molar-refractivity contribution in [3.8, 4) is 0 Å². The summed E-state index contributed by atoms with van der Waals surface area (Å²) in [5.74, 6) is 1.50. The lowest BCUT2D eigenvalue weighted by Gasteiger charge is -2.24. The minimum absolute atomic E-state index is 0.0380. The molecule has 0 aromatic carbocycles. The lowest BCUT2D eigenvalue weighted by Crippen LogP contribution is -2.39. The van der Waals surface area contributed by atoms with E-state index in [1.807, 2.05) is 21.1 Å². The van der Waals surface area contributed by atoms with Gasteiger partial charge in [0.1, 0.15) is 13.2 Å². The molecule has 2 atom stereocenters. The van der Waals surface area contributed by atoms with Crippen LogP contribution in [0.4, 0.5) is 0 Å². The Bertz CT molecular complexity index is 589. The molecule has 222 valence electrons. The van der Waals surface area contributed by atoms with Crippen LogP contribution in [0.1, 0.15) is 117 Å². The molecule has 0 radical (unpaired) electrons. The molecule has 0 spiro atoms. The molecular formula is C28H60N2O5PS+. The normalized spacial score (nSPS) is 14.4. The number of quaternary nitrogens is 1. The first-order valence-electron chi connectivity index (χ1n) is 14.8. The summed E-state index contributed by atoms with van der Waals surface area (Å²) in [6, 6.07) is -0.314. The van der Waals surface area contributed by atoms with Gasteiger partial charge < -0.3 is 14.7 Å². The van der Waals surface area contributed by atoms with Crippen LogP contribution in [0.25, 0.3) is 0 Å². The molecule has 0 aliphatic rings. The maximum atomic E-state index is 12.1. The Balaban J connectivity index is 3.71. The van der Waals surface area contributed by atoms with E-state index in [-0.39, 0.29) is 25.2 Å². The van der Waals surface area contributed by atoms with E-state index in [4.69, 9.17) is 9.05 Å². The topological polar surface area (TPSA) is 84.9 Å². The number of nitrogens with zero attached hydrogens (tertiary/aromatic N) is 1. The van der Waals surface area contributed by atoms with Gasteiger partial charge in [0.05, 0.1) is 33.8 Å². The quantitative estimate of drug-likeness (QED) is 0.0614. The fraction of sp³-hybridized carbons (Fsp3) is 0.964. The number of thioether (sulfide) groups is 1. The van der Waals surface area contributed by atoms with Crippen molar-refractivity contribution < 1.29 is 27.8 Å². The van der Waals surface area contributed by atoms with E-state index in [2.05, 4.69) is 12.2 Å². The molecule has 0 fully saturated rings. The van der Waals surface area contributed by atoms with Crippen LogP contribution in [0, 0.1) is 0 Å². The highest BCUT2D eigenvalue weighted by Gasteiger charge is 2.24. The van der Waals surface area contributed by atoms with Gasteiger partial charge in [0.25, 0.3) is 0 Å². The van der Waals surface area contributed by atoms with Gasteiger partial charge in [-0.3, -0.25) is 13.8 Å². The Morgan fingerprint density at radius 2 is 1.30 bits per heavy atom. The highest BCUT2D eigenvalue weighted by molar-refractivity contribution is 7.99. The second kappa shape index (κ2) is 23.7. The van der Waals surface area contributed by atoms with Crippen molar-refractivity contribution in [1.82, 2.24) is 5.32 Å². The number of amides is 1. The first kappa shape index (κ1) is 36.9. The average molecular weight is 568 g/mol. The Hall–Kier alpha value is -0.110. The molecule has 0 rings (SSSR count). The Kier molecular flexibility index (Phi) is 23.7. The molecule has 7 nitrogen and oxygen atoms in total. The molecule has 0 aromatic heterocycles. The monoisotopic (exact) mass is 567 g/mol. The Labute approximate surface area is 233 Å². The van der Waals surface area contributed by atoms with Crippen LogP contribution in [0.15, 0.2) is 0 Å². The predicted molar refractivity (Wildman–Crippen MR) is 159 cm³/mol. The van der Waals surface area contributed by atoms with Crippen molar-refractivity contribution >= 4 is 25.5 Å². The van der Waals surface area contributed by atoms with E-state index in [1.165, 1.54) is 103 Å². The first-order valence-corrected chi connectivity index (χ1v) is 17.5. The minimum atomic E-state index is -4.12. The first-order chi connectivity index (χ1) is 17.6. The second-order valence-corrected chi connectivity index (χ2v) is 14.0. The molecule has 2 unspecified atom stereocenters. The zero-order valence-corrected chi connectivity index (χ0v) is 26.5. The third kappa shape index (κ3) is 28.7. The van der Waals surface area contributed by atoms with Gasteiger partial charge in [0, 0.05) is 12.7 Å². The lowest BCUT2D eigenvalue weighted by atomic mass is 10.0. The van der Waals surface area contributed by atoms with Crippen LogP contribution in [0.5, 0.6) is 0 Å². The summed E-state index contributed by atoms with van der Waals surface area (Å²) in [5.41, 5.74) is 0. The number of unbranched alkanes of at least 4 members (excludes halogenated alkanes) is 15. The van der Waals surface area contributed by atoms with Crippen LogP contribution < -0.4 is 5.32 Å². The van der Waals surface area contributed by atoms with Crippen molar-refractivity contribution in [2.45, 2.75) is 123 Å². The molecule has 2 N–H and O–H groups in total. The molecule has 0 saturated carbocycles. The van der Waals surface area contributed by atoms with Crippen LogP contribution in [0.3, 0.4) is 0 Å². The summed E-state index contributed by atoms with van der Waals surface area (Å²) >= 11 is 1.75. The zero-order valence-electron chi connectivity index (χ0n) is 24.8. The summed E-state index contributed by atoms with van der Waals surface area (Å²) in [7, 11) is 1.82. The molecule has 0 aliphatic carbocycles. The number of phosphoric acid groups is 1. The SMILES string of the molecule is CCCCCCCCCCCCCCCCCCSCC(COP(=O)(O)OCC[N+](C)(C)C)NC(C)=O. The van der Waals surface area contributed by atoms with Crippen molar-refractivity contribution in [3.05, 3.63) is 0 Å². The van der Waals surface area contributed by atoms with Gasteiger partial charge in [0.15, 0.2) is 0 Å². The Morgan fingerprint density at radius 1 is 0.838 bits per heavy atom. The van der Waals surface area contributed by atoms with E-state index in [9.17, 15) is 14.3 Å². The van der Waals surface area contributed by atoms with E-state index in [1.54, 1.807) is 11.8 Å². The van der Waals surface area contributed by atoms with Gasteiger partial charge in [-0.2, -0.15) is 11.8 Å². The second-order valence-electron chi connectivity index (χ2n) is 11.4. The summed E-state index contributed by atoms with van der Waals surface area (Å²) in [5, 5.41) is 2.81. The number of hydrogen-bond donors (Lipinski definition) is 2. The van der Waals surface area contributed by atoms with Gasteiger partial charge in [-0.05, 0) is 12.2 Å². The number of carbonyl (C=O) groups is 1. The van der Waals surface area contributed by atoms with Crippen LogP contribution >= 0.6 is 19.6 Å². The molecule has 9 heteroatoms. The van der Waals surface area contributed by atoms with Crippen LogP contribution in [0.2, 0.25) is 0 Å². The molecule has 0 saturated heterocycles. The number of phosphoric ester groups is 1. The van der Waals surface area contributed by atoms with Gasteiger partial charge in [0.2, 0.25) is 5.91 Å². The summed E-state index contributed by atoms with van der Waals surface area (Å²) < 4.78 is 23.0. The average Bonchev–Trinajstić information content (AvgIpc) is 2.80. The summed E-state index contributed by atoms with van der Waals surface area (Å²) in [6.45, 7) is 4.42. The van der Waals surface area contributed by atoms with Crippen molar-refractivity contribution in [1.29, 1.82) is 0 Å². The Morgan fingerprint density at radius 3 is 1.73 bits per heavy atom. The zero-order chi connectivity index (χ0) is 27.8. The fourth-order valence-corrected chi connectivity index (χ4v) is 5.84. The van der Waals surface area contributed by atoms with Crippen molar-refractivity contribution in [2.75, 3.05) is 52.4 Å². The van der Waals surface area contributed by atoms with Gasteiger partial charge in [-0.15, -0.1) is 0 Å². The fourth-order valence-electron chi connectivity index (χ4n) is 4.05. The minimum Gasteiger partial charge on any atom is -0.350 e. The maximum Gasteiger partial charge on any atom is 0.472 e. The number of hydrogen-bond acceptors (Lipinski definition) is 5. The van der Waals surface area contributed by atoms with Gasteiger partial charge in [-0.25, -0.2) is 4.57 Å². The van der Waals surface area contributed by atoms with E-state index in [0.717, 1.165) is 12.2 Å². The number of carbonyl (C=O) groups excluding carboxylic acids is 1. The van der Waals surface area contributed by atoms with Crippen molar-refractivity contribution in [3.63, 3.8) is 0 Å². The molecule has 1 amide bonds. The van der Waals surface area contributed by atoms with E-state index in [0.29, 0.717) is 16.8 Å². The van der Waals surface area contributed by atoms with E-state index < -0.39 is 7.82 Å². The number of nitrogens with one attached hydrogen (secondary N) is 1. The largest absolute Gasteiger partial charge is 0.472 e. The third-order valence-corrected chi connectivity index (χ3v) is 8.52. The summed E-state index contributed by atoms with van der Waals surface area (Å²) in [4.78, 5) is 21.4. The maximum absolute atomic E-state index is 12.1. The third-order valence-electron chi connectivity index (χ3n) is 6.32. The highest BCUT2D eigenvalue weighted by atomic mass is 32.2. The molecule has 37 heavy (non-hydrogen) atoms. The molecule has 0 aromatic rings. The van der Waals surface area contributed by atoms with E-state index >= 15 is 0 Å². The molecular weight excluding hydrogens is 507 g/mol. The molecule has 0 heterocycles. The number of likely N-dealkylation sites (N-methyl/N-ethyl adjacent to an activating group) is 1. The molecule has 0 bridgehead atoms. The highest BCUT2D eigenvalue weighted by Crippen LogP contribution is 2.43. The van der Waals surface area contributed by atoms with Crippen LogP contribution in [-0.4, -0.2) is 73.7 Å². The van der Waals surface area contributed by atoms with Gasteiger partial charge >= 0.3 is 7.82 Å². The van der Waals surface area contributed by atoms with Crippen molar-refractivity contribution in [2.24, 2.45) is 0 Å². The lowest BCUT2D eigenvalue weighted by molar-refractivity contribution is -0.870. The standard InChI is InChI=1S/C28H59N2O5PS/c1-6-7-8-9-10-11-12-13-14-15-16-17-18-19-20-21-24-37-26-28(29-27(2)31)25-35-36(32,33)34-23-22-30(3,4)5/h28H,6-26H2,1-5H3,(H-,29,31,32,33)/p+1. The predicted octanol–water partition coefficient (Wildman–Crippen LogP) is 7.33. The summed E-state index contributed by atoms with van der Waals surface area (Å²) in [6.07, 6.45) is 21.8. The number of rotatable bonds is 27. The van der Waals surface area contributed by atoms with Crippen LogP contribution in [-0.2, 0) is 18.4 Å². The van der Waals surface area contributed by atoms with Gasteiger partial charge in [-0.1, -0.05) is 103 Å². The molecule has 0 aliphatic heterocycles.